The SMILES string of the molecule is CC(C)(C)OC(=O)NC(CNCC12CC3CC(CC(C3)C1)C2)CO[Si](C)(C)C(C)(C)C. The molecule has 0 saturated heterocycles. The molecule has 1 atom stereocenters. The topological polar surface area (TPSA) is 59.6 Å². The van der Waals surface area contributed by atoms with Crippen LogP contribution in [0.2, 0.25) is 18.1 Å². The molecular formula is C25H48N2O3Si. The van der Waals surface area contributed by atoms with Crippen LogP contribution in [0.15, 0.2) is 0 Å². The van der Waals surface area contributed by atoms with Gasteiger partial charge in [0, 0.05) is 13.1 Å². The Bertz CT molecular complexity index is 600. The molecule has 4 saturated carbocycles. The van der Waals surface area contributed by atoms with Gasteiger partial charge in [-0.05, 0) is 101 Å². The Balaban J connectivity index is 1.56. The van der Waals surface area contributed by atoms with Crippen LogP contribution in [-0.4, -0.2) is 45.7 Å². The summed E-state index contributed by atoms with van der Waals surface area (Å²) in [5.74, 6) is 2.89. The summed E-state index contributed by atoms with van der Waals surface area (Å²) in [5.41, 5.74) is -0.00689. The summed E-state index contributed by atoms with van der Waals surface area (Å²) < 4.78 is 12.0. The Labute approximate surface area is 191 Å². The molecule has 4 aliphatic rings. The monoisotopic (exact) mass is 452 g/mol. The number of hydrogen-bond acceptors (Lipinski definition) is 4. The molecule has 0 spiro atoms. The first-order valence-corrected chi connectivity index (χ1v) is 15.4. The van der Waals surface area contributed by atoms with E-state index in [1.807, 2.05) is 20.8 Å². The lowest BCUT2D eigenvalue weighted by Gasteiger charge is -2.57. The maximum atomic E-state index is 12.5. The normalized spacial score (nSPS) is 31.5. The van der Waals surface area contributed by atoms with Crippen LogP contribution in [-0.2, 0) is 9.16 Å². The predicted octanol–water partition coefficient (Wildman–Crippen LogP) is 5.71. The number of carbonyl (C=O) groups is 1. The van der Waals surface area contributed by atoms with Crippen molar-refractivity contribution in [3.8, 4) is 0 Å². The molecule has 0 aromatic rings. The summed E-state index contributed by atoms with van der Waals surface area (Å²) >= 11 is 0. The van der Waals surface area contributed by atoms with Crippen LogP contribution in [0, 0.1) is 23.2 Å². The van der Waals surface area contributed by atoms with Crippen molar-refractivity contribution < 1.29 is 14.0 Å². The van der Waals surface area contributed by atoms with Crippen molar-refractivity contribution in [2.45, 2.75) is 110 Å². The second kappa shape index (κ2) is 8.98. The zero-order chi connectivity index (χ0) is 23.1. The number of hydrogen-bond donors (Lipinski definition) is 2. The molecule has 4 fully saturated rings. The van der Waals surface area contributed by atoms with Crippen molar-refractivity contribution in [3.63, 3.8) is 0 Å². The van der Waals surface area contributed by atoms with Crippen molar-refractivity contribution in [2.75, 3.05) is 19.7 Å². The lowest BCUT2D eigenvalue weighted by Crippen LogP contribution is -2.54. The van der Waals surface area contributed by atoms with Gasteiger partial charge in [0.05, 0.1) is 12.6 Å². The standard InChI is InChI=1S/C25H48N2O3Si/c1-23(2,3)30-22(28)27-21(16-29-31(7,8)24(4,5)6)15-26-17-25-12-18-9-19(13-25)11-20(10-18)14-25/h18-21,26H,9-17H2,1-8H3,(H,27,28). The van der Waals surface area contributed by atoms with Crippen LogP contribution in [0.1, 0.15) is 80.1 Å². The fourth-order valence-electron chi connectivity index (χ4n) is 6.17. The van der Waals surface area contributed by atoms with Gasteiger partial charge in [0.25, 0.3) is 0 Å². The van der Waals surface area contributed by atoms with Crippen LogP contribution in [0.25, 0.3) is 0 Å². The molecule has 4 aliphatic carbocycles. The van der Waals surface area contributed by atoms with Crippen molar-refractivity contribution in [3.05, 3.63) is 0 Å². The van der Waals surface area contributed by atoms with Crippen molar-refractivity contribution in [2.24, 2.45) is 23.2 Å². The first-order chi connectivity index (χ1) is 14.2. The maximum absolute atomic E-state index is 12.5. The van der Waals surface area contributed by atoms with E-state index in [0.29, 0.717) is 12.0 Å². The predicted molar refractivity (Wildman–Crippen MR) is 130 cm³/mol. The van der Waals surface area contributed by atoms with Gasteiger partial charge < -0.3 is 19.8 Å². The Morgan fingerprint density at radius 3 is 1.97 bits per heavy atom. The average Bonchev–Trinajstić information content (AvgIpc) is 2.55. The first kappa shape index (κ1) is 25.0. The van der Waals surface area contributed by atoms with Crippen LogP contribution in [0.3, 0.4) is 0 Å². The van der Waals surface area contributed by atoms with E-state index >= 15 is 0 Å². The van der Waals surface area contributed by atoms with Gasteiger partial charge in [0.1, 0.15) is 5.60 Å². The fraction of sp³-hybridized carbons (Fsp3) is 0.960. The number of ether oxygens (including phenoxy) is 1. The van der Waals surface area contributed by atoms with Crippen LogP contribution in [0.4, 0.5) is 4.79 Å². The first-order valence-electron chi connectivity index (χ1n) is 12.5. The number of amides is 1. The minimum atomic E-state index is -1.88. The highest BCUT2D eigenvalue weighted by Crippen LogP contribution is 2.59. The minimum absolute atomic E-state index is 0.0853. The zero-order valence-corrected chi connectivity index (χ0v) is 22.4. The highest BCUT2D eigenvalue weighted by atomic mass is 28.4. The summed E-state index contributed by atoms with van der Waals surface area (Å²) in [6.07, 6.45) is 8.27. The van der Waals surface area contributed by atoms with Crippen molar-refractivity contribution in [1.29, 1.82) is 0 Å². The average molecular weight is 453 g/mol. The number of nitrogens with one attached hydrogen (secondary N) is 2. The van der Waals surface area contributed by atoms with Crippen LogP contribution >= 0.6 is 0 Å². The second-order valence-corrected chi connectivity index (χ2v) is 18.3. The summed E-state index contributed by atoms with van der Waals surface area (Å²) in [7, 11) is -1.88. The molecule has 0 aromatic carbocycles. The maximum Gasteiger partial charge on any atom is 0.407 e. The number of rotatable bonds is 8. The van der Waals surface area contributed by atoms with E-state index in [1.54, 1.807) is 0 Å². The molecule has 1 amide bonds. The molecular weight excluding hydrogens is 404 g/mol. The molecule has 6 heteroatoms. The van der Waals surface area contributed by atoms with Gasteiger partial charge in [-0.15, -0.1) is 0 Å². The molecule has 0 heterocycles. The van der Waals surface area contributed by atoms with E-state index in [9.17, 15) is 4.79 Å². The summed E-state index contributed by atoms with van der Waals surface area (Å²) in [4.78, 5) is 12.5. The molecule has 1 unspecified atom stereocenters. The molecule has 4 bridgehead atoms. The van der Waals surface area contributed by atoms with E-state index in [-0.39, 0.29) is 17.2 Å². The minimum Gasteiger partial charge on any atom is -0.444 e. The molecule has 180 valence electrons. The largest absolute Gasteiger partial charge is 0.444 e. The highest BCUT2D eigenvalue weighted by Gasteiger charge is 2.50. The van der Waals surface area contributed by atoms with E-state index < -0.39 is 13.9 Å². The number of carbonyl (C=O) groups excluding carboxylic acids is 1. The Hall–Kier alpha value is -0.593. The van der Waals surface area contributed by atoms with Gasteiger partial charge in [-0.1, -0.05) is 20.8 Å². The molecule has 5 nitrogen and oxygen atoms in total. The van der Waals surface area contributed by atoms with Crippen LogP contribution < -0.4 is 10.6 Å². The highest BCUT2D eigenvalue weighted by molar-refractivity contribution is 6.74. The Morgan fingerprint density at radius 2 is 1.52 bits per heavy atom. The zero-order valence-electron chi connectivity index (χ0n) is 21.4. The third-order valence-corrected chi connectivity index (χ3v) is 12.7. The molecule has 0 radical (unpaired) electrons. The Kier molecular flexibility index (Phi) is 7.25. The quantitative estimate of drug-likeness (QED) is 0.463. The summed E-state index contributed by atoms with van der Waals surface area (Å²) in [5, 5.41) is 6.98. The van der Waals surface area contributed by atoms with Gasteiger partial charge in [0.2, 0.25) is 0 Å². The fourth-order valence-corrected chi connectivity index (χ4v) is 7.22. The second-order valence-electron chi connectivity index (χ2n) is 13.5. The lowest BCUT2D eigenvalue weighted by atomic mass is 9.49. The third-order valence-electron chi connectivity index (χ3n) is 8.23. The van der Waals surface area contributed by atoms with Gasteiger partial charge in [-0.25, -0.2) is 4.79 Å². The van der Waals surface area contributed by atoms with Gasteiger partial charge in [0.15, 0.2) is 8.32 Å². The van der Waals surface area contributed by atoms with Crippen molar-refractivity contribution in [1.82, 2.24) is 10.6 Å². The van der Waals surface area contributed by atoms with E-state index in [1.165, 1.54) is 38.5 Å². The molecule has 31 heavy (non-hydrogen) atoms. The Morgan fingerprint density at radius 1 is 1.00 bits per heavy atom. The summed E-state index contributed by atoms with van der Waals surface area (Å²) in [6, 6.07) is -0.0853. The molecule has 0 aromatic heterocycles. The number of alkyl carbamates (subject to hydrolysis) is 1. The summed E-state index contributed by atoms with van der Waals surface area (Å²) in [6.45, 7) is 19.3. The van der Waals surface area contributed by atoms with Gasteiger partial charge in [-0.2, -0.15) is 0 Å². The smallest absolute Gasteiger partial charge is 0.407 e. The molecule has 0 aliphatic heterocycles. The van der Waals surface area contributed by atoms with Gasteiger partial charge in [-0.3, -0.25) is 0 Å². The van der Waals surface area contributed by atoms with E-state index in [4.69, 9.17) is 9.16 Å². The van der Waals surface area contributed by atoms with E-state index in [0.717, 1.165) is 30.8 Å². The van der Waals surface area contributed by atoms with Gasteiger partial charge >= 0.3 is 6.09 Å². The molecule has 4 rings (SSSR count). The van der Waals surface area contributed by atoms with Crippen LogP contribution in [0.5, 0.6) is 0 Å². The van der Waals surface area contributed by atoms with E-state index in [2.05, 4.69) is 44.5 Å². The molecule has 2 N–H and O–H groups in total. The third kappa shape index (κ3) is 6.70. The lowest BCUT2D eigenvalue weighted by molar-refractivity contribution is -0.0515. The van der Waals surface area contributed by atoms with Crippen molar-refractivity contribution >= 4 is 14.4 Å².